The van der Waals surface area contributed by atoms with E-state index in [1.807, 2.05) is 0 Å². The quantitative estimate of drug-likeness (QED) is 0.942. The molecular formula is C15H16ClFN4O. The predicted molar refractivity (Wildman–Crippen MR) is 79.0 cm³/mol. The highest BCUT2D eigenvalue weighted by molar-refractivity contribution is 6.30. The van der Waals surface area contributed by atoms with E-state index in [2.05, 4.69) is 20.1 Å². The highest BCUT2D eigenvalue weighted by atomic mass is 35.5. The van der Waals surface area contributed by atoms with Crippen molar-refractivity contribution in [1.82, 2.24) is 20.1 Å². The van der Waals surface area contributed by atoms with Crippen LogP contribution in [0.25, 0.3) is 0 Å². The molecule has 2 aliphatic rings. The fraction of sp³-hybridized carbons (Fsp3) is 0.467. The van der Waals surface area contributed by atoms with Gasteiger partial charge in [0.05, 0.1) is 18.2 Å². The lowest BCUT2D eigenvalue weighted by atomic mass is 10.1. The van der Waals surface area contributed by atoms with E-state index in [-0.39, 0.29) is 16.9 Å². The van der Waals surface area contributed by atoms with E-state index in [0.717, 1.165) is 42.2 Å². The van der Waals surface area contributed by atoms with Crippen LogP contribution in [0.4, 0.5) is 4.39 Å². The Morgan fingerprint density at radius 2 is 2.32 bits per heavy atom. The van der Waals surface area contributed by atoms with Gasteiger partial charge in [-0.05, 0) is 36.1 Å². The lowest BCUT2D eigenvalue weighted by Crippen LogP contribution is -2.24. The maximum absolute atomic E-state index is 13.5. The molecule has 4 rings (SSSR count). The first-order valence-corrected chi connectivity index (χ1v) is 7.80. The van der Waals surface area contributed by atoms with E-state index >= 15 is 0 Å². The summed E-state index contributed by atoms with van der Waals surface area (Å²) in [6, 6.07) is 3.47. The van der Waals surface area contributed by atoms with Crippen molar-refractivity contribution >= 4 is 11.6 Å². The molecule has 0 amide bonds. The highest BCUT2D eigenvalue weighted by Crippen LogP contribution is 2.34. The Morgan fingerprint density at radius 3 is 3.23 bits per heavy atom. The number of aromatic nitrogens is 3. The van der Waals surface area contributed by atoms with Gasteiger partial charge in [-0.2, -0.15) is 0 Å². The minimum atomic E-state index is -0.340. The van der Waals surface area contributed by atoms with Gasteiger partial charge in [0.15, 0.2) is 5.82 Å². The van der Waals surface area contributed by atoms with E-state index in [9.17, 15) is 4.39 Å². The molecule has 2 aromatic rings. The number of fused-ring (bicyclic) bond motifs is 2. The molecule has 0 saturated carbocycles. The van der Waals surface area contributed by atoms with Crippen LogP contribution >= 0.6 is 11.6 Å². The average molecular weight is 323 g/mol. The molecule has 0 fully saturated rings. The predicted octanol–water partition coefficient (Wildman–Crippen LogP) is 2.38. The fourth-order valence-corrected chi connectivity index (χ4v) is 3.39. The second-order valence-corrected chi connectivity index (χ2v) is 6.08. The lowest BCUT2D eigenvalue weighted by Gasteiger charge is -2.17. The molecule has 1 aliphatic heterocycles. The van der Waals surface area contributed by atoms with E-state index in [0.29, 0.717) is 19.8 Å². The Kier molecular flexibility index (Phi) is 3.60. The summed E-state index contributed by atoms with van der Waals surface area (Å²) in [5.41, 5.74) is 2.13. The minimum absolute atomic E-state index is 0.181. The number of benzene rings is 1. The number of nitrogens with zero attached hydrogens (tertiary/aromatic N) is 3. The van der Waals surface area contributed by atoms with Crippen LogP contribution in [0.1, 0.15) is 35.2 Å². The van der Waals surface area contributed by atoms with Crippen molar-refractivity contribution in [1.29, 1.82) is 0 Å². The molecule has 22 heavy (non-hydrogen) atoms. The molecule has 1 atom stereocenters. The summed E-state index contributed by atoms with van der Waals surface area (Å²) in [6.07, 6.45) is 1.81. The Balaban J connectivity index is 1.50. The van der Waals surface area contributed by atoms with Crippen molar-refractivity contribution in [2.45, 2.75) is 38.6 Å². The molecule has 2 heterocycles. The van der Waals surface area contributed by atoms with E-state index in [1.165, 1.54) is 0 Å². The second kappa shape index (κ2) is 5.61. The Labute approximate surface area is 132 Å². The smallest absolute Gasteiger partial charge is 0.159 e. The highest BCUT2D eigenvalue weighted by Gasteiger charge is 2.25. The van der Waals surface area contributed by atoms with Gasteiger partial charge in [-0.1, -0.05) is 11.6 Å². The molecule has 7 heteroatoms. The van der Waals surface area contributed by atoms with Gasteiger partial charge in [0.1, 0.15) is 18.2 Å². The maximum Gasteiger partial charge on any atom is 0.159 e. The zero-order valence-corrected chi connectivity index (χ0v) is 12.7. The summed E-state index contributed by atoms with van der Waals surface area (Å²) in [5, 5.41) is 12.1. The summed E-state index contributed by atoms with van der Waals surface area (Å²) in [6.45, 7) is 2.64. The first kappa shape index (κ1) is 14.1. The molecule has 0 radical (unpaired) electrons. The number of hydrogen-bond acceptors (Lipinski definition) is 4. The van der Waals surface area contributed by atoms with Crippen molar-refractivity contribution in [3.63, 3.8) is 0 Å². The van der Waals surface area contributed by atoms with Gasteiger partial charge in [0, 0.05) is 12.6 Å². The zero-order valence-electron chi connectivity index (χ0n) is 12.0. The topological polar surface area (TPSA) is 52.0 Å². The van der Waals surface area contributed by atoms with Crippen LogP contribution in [0.15, 0.2) is 12.1 Å². The zero-order chi connectivity index (χ0) is 15.1. The van der Waals surface area contributed by atoms with Gasteiger partial charge in [-0.15, -0.1) is 10.2 Å². The molecule has 116 valence electrons. The van der Waals surface area contributed by atoms with Crippen molar-refractivity contribution in [3.05, 3.63) is 45.7 Å². The molecule has 1 aliphatic carbocycles. The van der Waals surface area contributed by atoms with Crippen LogP contribution in [0.2, 0.25) is 5.02 Å². The van der Waals surface area contributed by atoms with Gasteiger partial charge >= 0.3 is 0 Å². The number of halogens is 2. The van der Waals surface area contributed by atoms with Crippen LogP contribution in [-0.2, 0) is 30.9 Å². The van der Waals surface area contributed by atoms with Gasteiger partial charge in [-0.3, -0.25) is 0 Å². The van der Waals surface area contributed by atoms with Crippen molar-refractivity contribution in [2.75, 3.05) is 6.61 Å². The van der Waals surface area contributed by atoms with E-state index in [4.69, 9.17) is 16.3 Å². The Morgan fingerprint density at radius 1 is 1.41 bits per heavy atom. The molecule has 1 unspecified atom stereocenters. The normalized spacial score (nSPS) is 20.0. The van der Waals surface area contributed by atoms with Crippen molar-refractivity contribution in [2.24, 2.45) is 0 Å². The number of rotatable bonds is 3. The first-order chi connectivity index (χ1) is 10.7. The third-order valence-corrected chi connectivity index (χ3v) is 4.65. The molecule has 0 saturated heterocycles. The lowest BCUT2D eigenvalue weighted by molar-refractivity contribution is 0.0804. The van der Waals surface area contributed by atoms with Gasteiger partial charge in [-0.25, -0.2) is 4.39 Å². The molecule has 5 nitrogen and oxygen atoms in total. The van der Waals surface area contributed by atoms with Gasteiger partial charge < -0.3 is 14.6 Å². The number of nitrogens with one attached hydrogen (secondary N) is 1. The third kappa shape index (κ3) is 2.41. The summed E-state index contributed by atoms with van der Waals surface area (Å²) < 4.78 is 21.0. The molecule has 0 spiro atoms. The van der Waals surface area contributed by atoms with Gasteiger partial charge in [0.25, 0.3) is 0 Å². The van der Waals surface area contributed by atoms with Crippen LogP contribution in [0, 0.1) is 5.82 Å². The van der Waals surface area contributed by atoms with Crippen LogP contribution in [0.3, 0.4) is 0 Å². The SMILES string of the molecule is Fc1cc2c(cc1Cl)C(NCc1nnc3n1CCOC3)CC2. The fourth-order valence-electron chi connectivity index (χ4n) is 3.21. The number of aryl methyl sites for hydroxylation is 1. The van der Waals surface area contributed by atoms with E-state index in [1.54, 1.807) is 12.1 Å². The largest absolute Gasteiger partial charge is 0.372 e. The second-order valence-electron chi connectivity index (χ2n) is 5.67. The summed E-state index contributed by atoms with van der Waals surface area (Å²) >= 11 is 5.91. The minimum Gasteiger partial charge on any atom is -0.372 e. The first-order valence-electron chi connectivity index (χ1n) is 7.42. The molecule has 1 N–H and O–H groups in total. The van der Waals surface area contributed by atoms with E-state index < -0.39 is 0 Å². The third-order valence-electron chi connectivity index (χ3n) is 4.36. The summed E-state index contributed by atoms with van der Waals surface area (Å²) in [4.78, 5) is 0. The van der Waals surface area contributed by atoms with Crippen LogP contribution in [-0.4, -0.2) is 21.4 Å². The molecule has 1 aromatic heterocycles. The van der Waals surface area contributed by atoms with Crippen LogP contribution < -0.4 is 5.32 Å². The maximum atomic E-state index is 13.5. The standard InChI is InChI=1S/C15H16ClFN4O/c16-11-6-10-9(5-12(11)17)1-2-13(10)18-7-14-19-20-15-8-22-4-3-21(14)15/h5-6,13,18H,1-4,7-8H2. The Bertz CT molecular complexity index is 718. The molecule has 0 bridgehead atoms. The number of hydrogen-bond donors (Lipinski definition) is 1. The monoisotopic (exact) mass is 322 g/mol. The van der Waals surface area contributed by atoms with Gasteiger partial charge in [0.2, 0.25) is 0 Å². The number of ether oxygens (including phenoxy) is 1. The van der Waals surface area contributed by atoms with Crippen LogP contribution in [0.5, 0.6) is 0 Å². The average Bonchev–Trinajstić information content (AvgIpc) is 3.10. The summed E-state index contributed by atoms with van der Waals surface area (Å²) in [5.74, 6) is 1.45. The molecular weight excluding hydrogens is 307 g/mol. The van der Waals surface area contributed by atoms with Crippen molar-refractivity contribution in [3.8, 4) is 0 Å². The Hall–Kier alpha value is -1.50. The van der Waals surface area contributed by atoms with Crippen molar-refractivity contribution < 1.29 is 9.13 Å². The summed E-state index contributed by atoms with van der Waals surface area (Å²) in [7, 11) is 0. The molecule has 1 aromatic carbocycles.